The minimum atomic E-state index is -3.80. The van der Waals surface area contributed by atoms with Crippen molar-refractivity contribution in [2.24, 2.45) is 0 Å². The van der Waals surface area contributed by atoms with Gasteiger partial charge in [-0.15, -0.1) is 5.92 Å². The van der Waals surface area contributed by atoms with Gasteiger partial charge in [0, 0.05) is 32.0 Å². The molecule has 1 aliphatic rings. The summed E-state index contributed by atoms with van der Waals surface area (Å²) in [5, 5.41) is 3.29. The van der Waals surface area contributed by atoms with Crippen LogP contribution >= 0.6 is 11.3 Å². The van der Waals surface area contributed by atoms with Gasteiger partial charge in [0.25, 0.3) is 0 Å². The second-order valence-corrected chi connectivity index (χ2v) is 11.7. The number of thiazole rings is 1. The number of sulfonamides is 1. The number of allylic oxidation sites excluding steroid dienone is 1. The normalized spacial score (nSPS) is 17.0. The average molecular weight is 504 g/mol. The summed E-state index contributed by atoms with van der Waals surface area (Å²) in [6.07, 6.45) is 2.35. The Kier molecular flexibility index (Phi) is 7.65. The van der Waals surface area contributed by atoms with Gasteiger partial charge in [-0.3, -0.25) is 5.32 Å². The van der Waals surface area contributed by atoms with Crippen LogP contribution in [0.4, 0.5) is 15.7 Å². The van der Waals surface area contributed by atoms with Gasteiger partial charge in [0.2, 0.25) is 10.0 Å². The van der Waals surface area contributed by atoms with E-state index < -0.39 is 21.7 Å². The van der Waals surface area contributed by atoms with E-state index >= 15 is 0 Å². The third-order valence-corrected chi connectivity index (χ3v) is 7.86. The van der Waals surface area contributed by atoms with Crippen LogP contribution in [0.3, 0.4) is 0 Å². The standard InChI is InChI=1S/C23H29N5O4S2/c1-7-8-17-15-27(11-12-28(17)21-25-14-19(33-21)16(2)3)34(30,31)18-9-10-20(24-13-18)26-22(29)32-23(4,5)6/h9-10,13-14,17H,2,11-12,15H2,1,3-6H3,(H,24,26,29)/t17-/m0/s1. The van der Waals surface area contributed by atoms with E-state index in [1.807, 2.05) is 11.8 Å². The smallest absolute Gasteiger partial charge is 0.413 e. The van der Waals surface area contributed by atoms with Crippen molar-refractivity contribution in [3.63, 3.8) is 0 Å². The number of amides is 1. The molecule has 0 saturated carbocycles. The first kappa shape index (κ1) is 25.7. The molecular formula is C23H29N5O4S2. The molecule has 1 amide bonds. The predicted octanol–water partition coefficient (Wildman–Crippen LogP) is 3.82. The molecule has 2 aromatic rings. The van der Waals surface area contributed by atoms with Crippen LogP contribution in [-0.2, 0) is 14.8 Å². The van der Waals surface area contributed by atoms with Crippen molar-refractivity contribution in [3.8, 4) is 11.8 Å². The number of hydrogen-bond acceptors (Lipinski definition) is 8. The molecule has 9 nitrogen and oxygen atoms in total. The number of ether oxygens (including phenoxy) is 1. The molecule has 1 aliphatic heterocycles. The van der Waals surface area contributed by atoms with Gasteiger partial charge in [0.15, 0.2) is 5.13 Å². The summed E-state index contributed by atoms with van der Waals surface area (Å²) in [6.45, 7) is 13.8. The molecule has 0 unspecified atom stereocenters. The highest BCUT2D eigenvalue weighted by Gasteiger charge is 2.35. The Bertz CT molecular complexity index is 1220. The molecule has 1 N–H and O–H groups in total. The SMILES string of the molecule is C=C(C)c1cnc(N2CCN(S(=O)(=O)c3ccc(NC(=O)OC(C)(C)C)nc3)C[C@@H]2C#CC)s1. The molecule has 0 bridgehead atoms. The van der Waals surface area contributed by atoms with Crippen molar-refractivity contribution in [2.75, 3.05) is 29.9 Å². The van der Waals surface area contributed by atoms with E-state index in [1.54, 1.807) is 33.9 Å². The quantitative estimate of drug-likeness (QED) is 0.619. The Morgan fingerprint density at radius 3 is 2.56 bits per heavy atom. The molecule has 1 saturated heterocycles. The maximum absolute atomic E-state index is 13.3. The lowest BCUT2D eigenvalue weighted by Crippen LogP contribution is -2.54. The Hall–Kier alpha value is -2.94. The predicted molar refractivity (Wildman–Crippen MR) is 134 cm³/mol. The van der Waals surface area contributed by atoms with Crippen molar-refractivity contribution in [2.45, 2.75) is 51.2 Å². The van der Waals surface area contributed by atoms with Gasteiger partial charge >= 0.3 is 6.09 Å². The molecule has 3 heterocycles. The monoisotopic (exact) mass is 503 g/mol. The minimum Gasteiger partial charge on any atom is -0.444 e. The Labute approximate surface area is 204 Å². The number of aromatic nitrogens is 2. The van der Waals surface area contributed by atoms with Gasteiger partial charge in [-0.2, -0.15) is 4.31 Å². The Morgan fingerprint density at radius 1 is 1.26 bits per heavy atom. The number of hydrogen-bond donors (Lipinski definition) is 1. The maximum atomic E-state index is 13.3. The fraction of sp³-hybridized carbons (Fsp3) is 0.435. The van der Waals surface area contributed by atoms with E-state index in [4.69, 9.17) is 4.74 Å². The third kappa shape index (κ3) is 6.14. The summed E-state index contributed by atoms with van der Waals surface area (Å²) in [4.78, 5) is 23.5. The van der Waals surface area contributed by atoms with E-state index in [0.717, 1.165) is 15.6 Å². The first-order valence-corrected chi connectivity index (χ1v) is 12.9. The van der Waals surface area contributed by atoms with Crippen molar-refractivity contribution in [1.82, 2.24) is 14.3 Å². The molecule has 0 aliphatic carbocycles. The molecule has 11 heteroatoms. The molecule has 182 valence electrons. The topological polar surface area (TPSA) is 105 Å². The summed E-state index contributed by atoms with van der Waals surface area (Å²) >= 11 is 1.52. The lowest BCUT2D eigenvalue weighted by atomic mass is 10.2. The lowest BCUT2D eigenvalue weighted by molar-refractivity contribution is 0.0635. The largest absolute Gasteiger partial charge is 0.444 e. The van der Waals surface area contributed by atoms with Crippen LogP contribution in [0.15, 0.2) is 36.0 Å². The second kappa shape index (κ2) is 10.1. The van der Waals surface area contributed by atoms with Crippen LogP contribution in [0.5, 0.6) is 0 Å². The van der Waals surface area contributed by atoms with E-state index in [9.17, 15) is 13.2 Å². The summed E-state index contributed by atoms with van der Waals surface area (Å²) in [7, 11) is -3.80. The zero-order valence-corrected chi connectivity index (χ0v) is 21.6. The summed E-state index contributed by atoms with van der Waals surface area (Å²) in [5.74, 6) is 6.21. The molecular weight excluding hydrogens is 474 g/mol. The molecule has 3 rings (SSSR count). The summed E-state index contributed by atoms with van der Waals surface area (Å²) in [6, 6.07) is 2.52. The van der Waals surface area contributed by atoms with Gasteiger partial charge < -0.3 is 9.64 Å². The summed E-state index contributed by atoms with van der Waals surface area (Å²) in [5.41, 5.74) is 0.276. The average Bonchev–Trinajstić information content (AvgIpc) is 3.23. The van der Waals surface area contributed by atoms with Crippen LogP contribution in [-0.4, -0.2) is 60.1 Å². The first-order valence-electron chi connectivity index (χ1n) is 10.7. The van der Waals surface area contributed by atoms with Crippen molar-refractivity contribution < 1.29 is 17.9 Å². The number of piperazine rings is 1. The Morgan fingerprint density at radius 2 is 2.00 bits per heavy atom. The van der Waals surface area contributed by atoms with Crippen molar-refractivity contribution >= 4 is 44.0 Å². The number of anilines is 2. The van der Waals surface area contributed by atoms with Gasteiger partial charge in [-0.1, -0.05) is 23.8 Å². The number of carbonyl (C=O) groups excluding carboxylic acids is 1. The summed E-state index contributed by atoms with van der Waals surface area (Å²) < 4.78 is 33.1. The van der Waals surface area contributed by atoms with Gasteiger partial charge in [0.1, 0.15) is 22.4 Å². The molecule has 1 fully saturated rings. The van der Waals surface area contributed by atoms with Crippen LogP contribution < -0.4 is 10.2 Å². The van der Waals surface area contributed by atoms with Crippen LogP contribution in [0, 0.1) is 11.8 Å². The van der Waals surface area contributed by atoms with E-state index in [1.165, 1.54) is 34.0 Å². The molecule has 2 aromatic heterocycles. The maximum Gasteiger partial charge on any atom is 0.413 e. The number of carbonyl (C=O) groups is 1. The second-order valence-electron chi connectivity index (χ2n) is 8.76. The van der Waals surface area contributed by atoms with E-state index in [2.05, 4.69) is 33.7 Å². The zero-order valence-electron chi connectivity index (χ0n) is 20.0. The van der Waals surface area contributed by atoms with Crippen LogP contribution in [0.1, 0.15) is 39.5 Å². The van der Waals surface area contributed by atoms with Crippen LogP contribution in [0.25, 0.3) is 5.57 Å². The molecule has 0 spiro atoms. The highest BCUT2D eigenvalue weighted by molar-refractivity contribution is 7.89. The van der Waals surface area contributed by atoms with Gasteiger partial charge in [-0.05, 0) is 52.3 Å². The van der Waals surface area contributed by atoms with Gasteiger partial charge in [0.05, 0.1) is 4.88 Å². The van der Waals surface area contributed by atoms with E-state index in [0.29, 0.717) is 6.54 Å². The number of nitrogens with one attached hydrogen (secondary N) is 1. The molecule has 0 radical (unpaired) electrons. The fourth-order valence-electron chi connectivity index (χ4n) is 3.25. The highest BCUT2D eigenvalue weighted by Crippen LogP contribution is 2.30. The first-order chi connectivity index (χ1) is 15.9. The van der Waals surface area contributed by atoms with Gasteiger partial charge in [-0.25, -0.2) is 23.2 Å². The number of rotatable bonds is 5. The third-order valence-electron chi connectivity index (χ3n) is 4.82. The molecule has 34 heavy (non-hydrogen) atoms. The highest BCUT2D eigenvalue weighted by atomic mass is 32.2. The number of nitrogens with zero attached hydrogens (tertiary/aromatic N) is 4. The Balaban J connectivity index is 1.74. The van der Waals surface area contributed by atoms with Crippen molar-refractivity contribution in [3.05, 3.63) is 36.0 Å². The molecule has 1 atom stereocenters. The van der Waals surface area contributed by atoms with Crippen molar-refractivity contribution in [1.29, 1.82) is 0 Å². The van der Waals surface area contributed by atoms with Crippen LogP contribution in [0.2, 0.25) is 0 Å². The van der Waals surface area contributed by atoms with E-state index in [-0.39, 0.29) is 29.8 Å². The number of pyridine rings is 1. The zero-order chi connectivity index (χ0) is 25.1. The molecule has 0 aromatic carbocycles. The lowest BCUT2D eigenvalue weighted by Gasteiger charge is -2.38. The fourth-order valence-corrected chi connectivity index (χ4v) is 5.56. The minimum absolute atomic E-state index is 0.0395.